The Bertz CT molecular complexity index is 900. The largest absolute Gasteiger partial charge is 0.496 e. The number of ether oxygens (including phenoxy) is 1. The molecule has 6 heteroatoms. The van der Waals surface area contributed by atoms with E-state index in [1.165, 1.54) is 0 Å². The fraction of sp³-hybridized carbons (Fsp3) is 0.435. The summed E-state index contributed by atoms with van der Waals surface area (Å²) in [5.41, 5.74) is 3.02. The van der Waals surface area contributed by atoms with E-state index in [9.17, 15) is 4.79 Å². The van der Waals surface area contributed by atoms with E-state index in [-0.39, 0.29) is 5.91 Å². The van der Waals surface area contributed by atoms with Crippen LogP contribution in [0.1, 0.15) is 42.4 Å². The minimum atomic E-state index is 0.0231. The third kappa shape index (κ3) is 5.13. The molecule has 0 radical (unpaired) electrons. The number of aryl methyl sites for hydroxylation is 2. The summed E-state index contributed by atoms with van der Waals surface area (Å²) in [6.45, 7) is 11.1. The lowest BCUT2D eigenvalue weighted by atomic mass is 10.1. The van der Waals surface area contributed by atoms with Crippen LogP contribution in [-0.4, -0.2) is 54.1 Å². The van der Waals surface area contributed by atoms with Gasteiger partial charge in [0.05, 0.1) is 7.11 Å². The molecule has 1 aliphatic rings. The molecular formula is C23H30N4O2. The van der Waals surface area contributed by atoms with Gasteiger partial charge in [-0.3, -0.25) is 4.79 Å². The molecule has 0 aliphatic carbocycles. The van der Waals surface area contributed by atoms with Crippen LogP contribution in [0.3, 0.4) is 0 Å². The Morgan fingerprint density at radius 3 is 2.48 bits per heavy atom. The molecule has 0 saturated carbocycles. The third-order valence-electron chi connectivity index (χ3n) is 5.08. The molecule has 0 N–H and O–H groups in total. The highest BCUT2D eigenvalue weighted by Crippen LogP contribution is 2.22. The average molecular weight is 395 g/mol. The van der Waals surface area contributed by atoms with Crippen molar-refractivity contribution in [2.75, 3.05) is 38.2 Å². The van der Waals surface area contributed by atoms with Gasteiger partial charge in [-0.15, -0.1) is 0 Å². The van der Waals surface area contributed by atoms with Gasteiger partial charge in [-0.1, -0.05) is 25.5 Å². The van der Waals surface area contributed by atoms with Crippen LogP contribution in [0.15, 0.2) is 30.3 Å². The second-order valence-electron chi connectivity index (χ2n) is 7.77. The first-order valence-electron chi connectivity index (χ1n) is 10.1. The summed E-state index contributed by atoms with van der Waals surface area (Å²) >= 11 is 0. The molecule has 0 spiro atoms. The first-order valence-corrected chi connectivity index (χ1v) is 10.1. The SMILES string of the molecule is COc1ccc(C)cc1/C=C/C(=O)N1CCN(c2cc(C)nc(C(C)C)n2)CC1. The fourth-order valence-electron chi connectivity index (χ4n) is 3.40. The van der Waals surface area contributed by atoms with Crippen molar-refractivity contribution in [1.82, 2.24) is 14.9 Å². The molecule has 1 saturated heterocycles. The first-order chi connectivity index (χ1) is 13.9. The quantitative estimate of drug-likeness (QED) is 0.726. The van der Waals surface area contributed by atoms with Gasteiger partial charge in [-0.05, 0) is 32.1 Å². The van der Waals surface area contributed by atoms with Crippen molar-refractivity contribution in [1.29, 1.82) is 0 Å². The van der Waals surface area contributed by atoms with Crippen molar-refractivity contribution < 1.29 is 9.53 Å². The summed E-state index contributed by atoms with van der Waals surface area (Å²) < 4.78 is 5.38. The summed E-state index contributed by atoms with van der Waals surface area (Å²) in [7, 11) is 1.64. The Hall–Kier alpha value is -2.89. The Balaban J connectivity index is 1.64. The molecule has 154 valence electrons. The van der Waals surface area contributed by atoms with Crippen LogP contribution in [0.4, 0.5) is 5.82 Å². The standard InChI is InChI=1S/C23H30N4O2/c1-16(2)23-24-18(4)15-21(25-23)26-10-12-27(13-11-26)22(28)9-7-19-14-17(3)6-8-20(19)29-5/h6-9,14-16H,10-13H2,1-5H3/b9-7+. The van der Waals surface area contributed by atoms with Crippen molar-refractivity contribution in [3.05, 3.63) is 53.0 Å². The third-order valence-corrected chi connectivity index (χ3v) is 5.08. The molecule has 1 aromatic carbocycles. The normalized spacial score (nSPS) is 14.7. The number of benzene rings is 1. The Labute approximate surface area is 173 Å². The van der Waals surface area contributed by atoms with E-state index in [1.54, 1.807) is 13.2 Å². The molecule has 0 unspecified atom stereocenters. The number of hydrogen-bond acceptors (Lipinski definition) is 5. The van der Waals surface area contributed by atoms with Gasteiger partial charge in [0.25, 0.3) is 0 Å². The van der Waals surface area contributed by atoms with Crippen molar-refractivity contribution in [2.45, 2.75) is 33.6 Å². The summed E-state index contributed by atoms with van der Waals surface area (Å²) in [6.07, 6.45) is 3.47. The molecule has 1 amide bonds. The van der Waals surface area contributed by atoms with Crippen molar-refractivity contribution in [3.63, 3.8) is 0 Å². The molecule has 1 aromatic heterocycles. The molecule has 3 rings (SSSR count). The number of aromatic nitrogens is 2. The number of piperazine rings is 1. The van der Waals surface area contributed by atoms with Gasteiger partial charge in [0, 0.05) is 55.5 Å². The Morgan fingerprint density at radius 2 is 1.83 bits per heavy atom. The molecular weight excluding hydrogens is 364 g/mol. The summed E-state index contributed by atoms with van der Waals surface area (Å²) in [5, 5.41) is 0. The average Bonchev–Trinajstić information content (AvgIpc) is 2.71. The zero-order chi connectivity index (χ0) is 21.0. The van der Waals surface area contributed by atoms with E-state index >= 15 is 0 Å². The topological polar surface area (TPSA) is 58.6 Å². The highest BCUT2D eigenvalue weighted by atomic mass is 16.5. The van der Waals surface area contributed by atoms with E-state index in [0.717, 1.165) is 47.3 Å². The predicted octanol–water partition coefficient (Wildman–Crippen LogP) is 3.59. The second-order valence-corrected chi connectivity index (χ2v) is 7.77. The lowest BCUT2D eigenvalue weighted by Crippen LogP contribution is -2.48. The van der Waals surface area contributed by atoms with Gasteiger partial charge in [-0.2, -0.15) is 0 Å². The maximum absolute atomic E-state index is 12.7. The maximum atomic E-state index is 12.7. The number of anilines is 1. The number of rotatable bonds is 5. The highest BCUT2D eigenvalue weighted by Gasteiger charge is 2.21. The molecule has 1 aliphatic heterocycles. The molecule has 0 bridgehead atoms. The van der Waals surface area contributed by atoms with E-state index in [2.05, 4.69) is 23.7 Å². The van der Waals surface area contributed by atoms with Gasteiger partial charge >= 0.3 is 0 Å². The minimum Gasteiger partial charge on any atom is -0.496 e. The Kier molecular flexibility index (Phi) is 6.52. The Morgan fingerprint density at radius 1 is 1.10 bits per heavy atom. The van der Waals surface area contributed by atoms with E-state index < -0.39 is 0 Å². The summed E-state index contributed by atoms with van der Waals surface area (Å²) in [5.74, 6) is 2.90. The number of carbonyl (C=O) groups is 1. The number of carbonyl (C=O) groups excluding carboxylic acids is 1. The van der Waals surface area contributed by atoms with Crippen molar-refractivity contribution >= 4 is 17.8 Å². The molecule has 1 fully saturated rings. The number of methoxy groups -OCH3 is 1. The van der Waals surface area contributed by atoms with Crippen LogP contribution in [0.5, 0.6) is 5.75 Å². The maximum Gasteiger partial charge on any atom is 0.246 e. The number of nitrogens with zero attached hydrogens (tertiary/aromatic N) is 4. The van der Waals surface area contributed by atoms with Crippen LogP contribution < -0.4 is 9.64 Å². The van der Waals surface area contributed by atoms with Gasteiger partial charge in [0.15, 0.2) is 0 Å². The minimum absolute atomic E-state index is 0.0231. The van der Waals surface area contributed by atoms with Crippen molar-refractivity contribution in [2.24, 2.45) is 0 Å². The smallest absolute Gasteiger partial charge is 0.246 e. The van der Waals surface area contributed by atoms with Crippen LogP contribution in [-0.2, 0) is 4.79 Å². The zero-order valence-corrected chi connectivity index (χ0v) is 18.0. The molecule has 6 nitrogen and oxygen atoms in total. The summed E-state index contributed by atoms with van der Waals surface area (Å²) in [4.78, 5) is 26.0. The van der Waals surface area contributed by atoms with E-state index in [4.69, 9.17) is 9.72 Å². The monoisotopic (exact) mass is 394 g/mol. The van der Waals surface area contributed by atoms with Crippen LogP contribution in [0, 0.1) is 13.8 Å². The second kappa shape index (κ2) is 9.07. The van der Waals surface area contributed by atoms with Gasteiger partial charge in [-0.25, -0.2) is 9.97 Å². The number of hydrogen-bond donors (Lipinski definition) is 0. The number of amides is 1. The first kappa shape index (κ1) is 20.8. The zero-order valence-electron chi connectivity index (χ0n) is 18.0. The van der Waals surface area contributed by atoms with Crippen LogP contribution >= 0.6 is 0 Å². The van der Waals surface area contributed by atoms with Crippen molar-refractivity contribution in [3.8, 4) is 5.75 Å². The van der Waals surface area contributed by atoms with E-state index in [0.29, 0.717) is 19.0 Å². The highest BCUT2D eigenvalue weighted by molar-refractivity contribution is 5.92. The lowest BCUT2D eigenvalue weighted by molar-refractivity contribution is -0.126. The lowest BCUT2D eigenvalue weighted by Gasteiger charge is -2.35. The fourth-order valence-corrected chi connectivity index (χ4v) is 3.40. The molecule has 29 heavy (non-hydrogen) atoms. The van der Waals surface area contributed by atoms with Crippen LogP contribution in [0.2, 0.25) is 0 Å². The van der Waals surface area contributed by atoms with Gasteiger partial charge in [0.2, 0.25) is 5.91 Å². The van der Waals surface area contributed by atoms with E-state index in [1.807, 2.05) is 49.1 Å². The molecule has 2 heterocycles. The van der Waals surface area contributed by atoms with Gasteiger partial charge in [0.1, 0.15) is 17.4 Å². The predicted molar refractivity (Wildman–Crippen MR) is 116 cm³/mol. The molecule has 0 atom stereocenters. The molecule has 2 aromatic rings. The summed E-state index contributed by atoms with van der Waals surface area (Å²) in [6, 6.07) is 7.96. The van der Waals surface area contributed by atoms with Crippen LogP contribution in [0.25, 0.3) is 6.08 Å². The van der Waals surface area contributed by atoms with Gasteiger partial charge < -0.3 is 14.5 Å².